The number of rotatable bonds is 8. The highest BCUT2D eigenvalue weighted by atomic mass is 16.2. The molecule has 2 heterocycles. The van der Waals surface area contributed by atoms with Crippen LogP contribution in [0, 0.1) is 5.92 Å². The molecule has 1 aromatic rings. The molecule has 0 aliphatic carbocycles. The van der Waals surface area contributed by atoms with Gasteiger partial charge in [-0.25, -0.2) is 4.79 Å². The Balaban J connectivity index is 0.00000139. The third kappa shape index (κ3) is 6.22. The molecule has 0 amide bonds. The summed E-state index contributed by atoms with van der Waals surface area (Å²) in [6, 6.07) is 1.86. The van der Waals surface area contributed by atoms with E-state index in [1.54, 1.807) is 0 Å². The lowest BCUT2D eigenvalue weighted by atomic mass is 10.0. The summed E-state index contributed by atoms with van der Waals surface area (Å²) in [5, 5.41) is 3.32. The zero-order valence-corrected chi connectivity index (χ0v) is 15.3. The minimum Gasteiger partial charge on any atom is -0.330 e. The molecule has 24 heavy (non-hydrogen) atoms. The van der Waals surface area contributed by atoms with Crippen LogP contribution in [-0.4, -0.2) is 46.7 Å². The second kappa shape index (κ2) is 11.2. The maximum absolute atomic E-state index is 11.6. The molecule has 0 spiro atoms. The van der Waals surface area contributed by atoms with Crippen LogP contribution < -0.4 is 22.3 Å². The maximum Gasteiger partial charge on any atom is 0.329 e. The first-order chi connectivity index (χ1) is 11.6. The van der Waals surface area contributed by atoms with Gasteiger partial charge in [0.1, 0.15) is 0 Å². The summed E-state index contributed by atoms with van der Waals surface area (Å²) < 4.78 is 1.47. The van der Waals surface area contributed by atoms with Gasteiger partial charge in [0.05, 0.1) is 6.67 Å². The minimum atomic E-state index is -0.377. The summed E-state index contributed by atoms with van der Waals surface area (Å²) in [6.45, 7) is 10.4. The molecule has 0 bridgehead atoms. The van der Waals surface area contributed by atoms with Crippen molar-refractivity contribution in [1.29, 1.82) is 0 Å². The van der Waals surface area contributed by atoms with Gasteiger partial charge < -0.3 is 5.73 Å². The number of nitrogens with two attached hydrogens (primary N) is 1. The van der Waals surface area contributed by atoms with Gasteiger partial charge in [0.2, 0.25) is 0 Å². The van der Waals surface area contributed by atoms with Gasteiger partial charge in [-0.3, -0.25) is 24.6 Å². The fourth-order valence-corrected chi connectivity index (χ4v) is 3.09. The minimum absolute atomic E-state index is 0.365. The molecule has 2 unspecified atom stereocenters. The van der Waals surface area contributed by atoms with E-state index in [4.69, 9.17) is 5.73 Å². The van der Waals surface area contributed by atoms with Crippen LogP contribution in [0.1, 0.15) is 40.0 Å². The van der Waals surface area contributed by atoms with Crippen LogP contribution >= 0.6 is 0 Å². The summed E-state index contributed by atoms with van der Waals surface area (Å²) in [4.78, 5) is 27.4. The zero-order valence-electron chi connectivity index (χ0n) is 15.3. The number of hydrogen-bond donors (Lipinski definition) is 3. The molecular formula is C17H33N5O2. The van der Waals surface area contributed by atoms with E-state index in [1.807, 2.05) is 13.8 Å². The zero-order chi connectivity index (χ0) is 17.9. The van der Waals surface area contributed by atoms with Crippen molar-refractivity contribution in [3.63, 3.8) is 0 Å². The molecule has 0 radical (unpaired) electrons. The van der Waals surface area contributed by atoms with Gasteiger partial charge in [-0.2, -0.15) is 0 Å². The van der Waals surface area contributed by atoms with E-state index >= 15 is 0 Å². The first-order valence-electron chi connectivity index (χ1n) is 9.08. The van der Waals surface area contributed by atoms with Crippen molar-refractivity contribution < 1.29 is 0 Å². The van der Waals surface area contributed by atoms with E-state index in [2.05, 4.69) is 22.1 Å². The summed E-state index contributed by atoms with van der Waals surface area (Å²) in [5.74, 6) is 0.750. The molecule has 1 aromatic heterocycles. The monoisotopic (exact) mass is 339 g/mol. The Hall–Kier alpha value is -1.44. The van der Waals surface area contributed by atoms with Gasteiger partial charge in [0.25, 0.3) is 5.56 Å². The standard InChI is InChI=1S/C15H27N5O2.C2H6/c1-2-12-8-13(19(10-12)6-3-5-16)9-17-11-20-7-4-14(21)18-15(20)22;1-2/h4,7,12-13,17H,2-3,5-6,8-11,16H2,1H3,(H,18,21,22);1-2H3. The van der Waals surface area contributed by atoms with E-state index in [-0.39, 0.29) is 11.2 Å². The average Bonchev–Trinajstić information content (AvgIpc) is 2.99. The van der Waals surface area contributed by atoms with E-state index in [9.17, 15) is 9.59 Å². The fraction of sp³-hybridized carbons (Fsp3) is 0.765. The van der Waals surface area contributed by atoms with Crippen molar-refractivity contribution in [2.75, 3.05) is 26.2 Å². The molecular weight excluding hydrogens is 306 g/mol. The van der Waals surface area contributed by atoms with Gasteiger partial charge in [0.15, 0.2) is 0 Å². The SMILES string of the molecule is CC.CCC1CC(CNCn2ccc(=O)[nH]c2=O)N(CCCN)C1. The first kappa shape index (κ1) is 20.6. The molecule has 7 heteroatoms. The van der Waals surface area contributed by atoms with E-state index < -0.39 is 0 Å². The molecule has 138 valence electrons. The second-order valence-electron chi connectivity index (χ2n) is 5.99. The Labute approximate surface area is 144 Å². The van der Waals surface area contributed by atoms with Crippen molar-refractivity contribution >= 4 is 0 Å². The lowest BCUT2D eigenvalue weighted by Gasteiger charge is -2.24. The Morgan fingerprint density at radius 3 is 2.75 bits per heavy atom. The fourth-order valence-electron chi connectivity index (χ4n) is 3.09. The predicted molar refractivity (Wildman–Crippen MR) is 98.1 cm³/mol. The smallest absolute Gasteiger partial charge is 0.329 e. The van der Waals surface area contributed by atoms with Crippen LogP contribution in [0.2, 0.25) is 0 Å². The largest absolute Gasteiger partial charge is 0.330 e. The first-order valence-corrected chi connectivity index (χ1v) is 9.08. The van der Waals surface area contributed by atoms with Crippen LogP contribution in [0.3, 0.4) is 0 Å². The van der Waals surface area contributed by atoms with Crippen LogP contribution in [-0.2, 0) is 6.67 Å². The molecule has 4 N–H and O–H groups in total. The lowest BCUT2D eigenvalue weighted by Crippen LogP contribution is -2.41. The molecule has 2 rings (SSSR count). The number of aromatic amines is 1. The third-order valence-electron chi connectivity index (χ3n) is 4.40. The van der Waals surface area contributed by atoms with Crippen molar-refractivity contribution in [1.82, 2.24) is 19.8 Å². The predicted octanol–water partition coefficient (Wildman–Crippen LogP) is 0.559. The number of nitrogens with zero attached hydrogens (tertiary/aromatic N) is 2. The topological polar surface area (TPSA) is 96.1 Å². The second-order valence-corrected chi connectivity index (χ2v) is 5.99. The highest BCUT2D eigenvalue weighted by Gasteiger charge is 2.29. The number of hydrogen-bond acceptors (Lipinski definition) is 5. The molecule has 7 nitrogen and oxygen atoms in total. The highest BCUT2D eigenvalue weighted by Crippen LogP contribution is 2.25. The lowest BCUT2D eigenvalue weighted by molar-refractivity contribution is 0.239. The van der Waals surface area contributed by atoms with Crippen molar-refractivity contribution in [3.8, 4) is 0 Å². The van der Waals surface area contributed by atoms with Gasteiger partial charge in [0, 0.05) is 31.4 Å². The normalized spacial score (nSPS) is 20.7. The van der Waals surface area contributed by atoms with Gasteiger partial charge in [-0.05, 0) is 31.8 Å². The van der Waals surface area contributed by atoms with Gasteiger partial charge >= 0.3 is 5.69 Å². The van der Waals surface area contributed by atoms with E-state index in [0.717, 1.165) is 38.5 Å². The number of H-pyrrole nitrogens is 1. The van der Waals surface area contributed by atoms with Gasteiger partial charge in [-0.15, -0.1) is 0 Å². The molecule has 0 saturated carbocycles. The molecule has 1 aliphatic heterocycles. The van der Waals surface area contributed by atoms with Crippen LogP contribution in [0.5, 0.6) is 0 Å². The molecule has 2 atom stereocenters. The van der Waals surface area contributed by atoms with Gasteiger partial charge in [-0.1, -0.05) is 27.2 Å². The number of likely N-dealkylation sites (tertiary alicyclic amines) is 1. The van der Waals surface area contributed by atoms with Crippen LogP contribution in [0.4, 0.5) is 0 Å². The summed E-state index contributed by atoms with van der Waals surface area (Å²) in [5.41, 5.74) is 4.87. The number of aromatic nitrogens is 2. The van der Waals surface area contributed by atoms with E-state index in [0.29, 0.717) is 12.7 Å². The molecule has 1 aliphatic rings. The quantitative estimate of drug-likeness (QED) is 0.643. The average molecular weight is 339 g/mol. The van der Waals surface area contributed by atoms with Crippen molar-refractivity contribution in [2.24, 2.45) is 11.7 Å². The molecule has 1 fully saturated rings. The third-order valence-corrected chi connectivity index (χ3v) is 4.40. The maximum atomic E-state index is 11.6. The van der Waals surface area contributed by atoms with Crippen LogP contribution in [0.25, 0.3) is 0 Å². The Bertz CT molecular complexity index is 569. The summed E-state index contributed by atoms with van der Waals surface area (Å²) >= 11 is 0. The van der Waals surface area contributed by atoms with Crippen LogP contribution in [0.15, 0.2) is 21.9 Å². The Morgan fingerprint density at radius 2 is 2.12 bits per heavy atom. The van der Waals surface area contributed by atoms with Crippen molar-refractivity contribution in [3.05, 3.63) is 33.1 Å². The highest BCUT2D eigenvalue weighted by molar-refractivity contribution is 4.86. The summed E-state index contributed by atoms with van der Waals surface area (Å²) in [6.07, 6.45) is 4.93. The Morgan fingerprint density at radius 1 is 1.38 bits per heavy atom. The summed E-state index contributed by atoms with van der Waals surface area (Å²) in [7, 11) is 0. The Kier molecular flexibility index (Phi) is 9.59. The molecule has 1 saturated heterocycles. The van der Waals surface area contributed by atoms with Crippen molar-refractivity contribution in [2.45, 2.75) is 52.7 Å². The van der Waals surface area contributed by atoms with E-state index in [1.165, 1.54) is 29.7 Å². The molecule has 0 aromatic carbocycles. The number of nitrogens with one attached hydrogen (secondary N) is 2.